The van der Waals surface area contributed by atoms with Crippen LogP contribution in [0.3, 0.4) is 0 Å². The molecule has 9 heteroatoms. The smallest absolute Gasteiger partial charge is 0.344 e. The Hall–Kier alpha value is -4.56. The third-order valence-electron chi connectivity index (χ3n) is 6.06. The van der Waals surface area contributed by atoms with E-state index in [-0.39, 0.29) is 0 Å². The van der Waals surface area contributed by atoms with Crippen LogP contribution < -0.4 is 10.4 Å². The predicted molar refractivity (Wildman–Crippen MR) is 129 cm³/mol. The summed E-state index contributed by atoms with van der Waals surface area (Å²) in [6.07, 6.45) is 3.22. The SMILES string of the molecule is O=c1oc2ccccc2c2c1C(c1ccccn1)c1c(ncn3nc(-c4ccccc4Cl)nc13)O2. The van der Waals surface area contributed by atoms with Crippen molar-refractivity contribution in [1.82, 2.24) is 24.6 Å². The second kappa shape index (κ2) is 7.48. The maximum absolute atomic E-state index is 13.3. The minimum atomic E-state index is -0.629. The minimum Gasteiger partial charge on any atom is -0.437 e. The molecule has 0 radical (unpaired) electrons. The molecule has 4 aromatic heterocycles. The summed E-state index contributed by atoms with van der Waals surface area (Å²) in [4.78, 5) is 27.2. The first-order valence-corrected chi connectivity index (χ1v) is 11.2. The lowest BCUT2D eigenvalue weighted by molar-refractivity contribution is 0.421. The maximum Gasteiger partial charge on any atom is 0.344 e. The summed E-state index contributed by atoms with van der Waals surface area (Å²) in [7, 11) is 0. The van der Waals surface area contributed by atoms with Crippen LogP contribution in [0.15, 0.2) is 88.5 Å². The summed E-state index contributed by atoms with van der Waals surface area (Å²) < 4.78 is 13.5. The van der Waals surface area contributed by atoms with Crippen LogP contribution in [0.2, 0.25) is 5.02 Å². The number of para-hydroxylation sites is 1. The summed E-state index contributed by atoms with van der Waals surface area (Å²) in [5, 5.41) is 5.79. The van der Waals surface area contributed by atoms with Crippen LogP contribution in [0.5, 0.6) is 11.6 Å². The molecule has 35 heavy (non-hydrogen) atoms. The summed E-state index contributed by atoms with van der Waals surface area (Å²) in [5.41, 5.74) is 2.65. The maximum atomic E-state index is 13.3. The van der Waals surface area contributed by atoms with Crippen LogP contribution in [0.25, 0.3) is 28.0 Å². The average Bonchev–Trinajstić information content (AvgIpc) is 3.33. The van der Waals surface area contributed by atoms with E-state index < -0.39 is 11.5 Å². The second-order valence-electron chi connectivity index (χ2n) is 8.06. The number of halogens is 1. The van der Waals surface area contributed by atoms with Gasteiger partial charge in [0.15, 0.2) is 17.2 Å². The molecule has 1 aliphatic heterocycles. The van der Waals surface area contributed by atoms with Crippen molar-refractivity contribution in [3.8, 4) is 23.0 Å². The van der Waals surface area contributed by atoms with Gasteiger partial charge in [0.1, 0.15) is 11.9 Å². The van der Waals surface area contributed by atoms with Gasteiger partial charge in [-0.25, -0.2) is 19.3 Å². The van der Waals surface area contributed by atoms with Crippen molar-refractivity contribution in [2.75, 3.05) is 0 Å². The predicted octanol–water partition coefficient (Wildman–Crippen LogP) is 5.23. The first-order valence-electron chi connectivity index (χ1n) is 10.8. The van der Waals surface area contributed by atoms with Gasteiger partial charge >= 0.3 is 5.63 Å². The Morgan fingerprint density at radius 3 is 2.60 bits per heavy atom. The number of nitrogens with zero attached hydrogens (tertiary/aromatic N) is 5. The van der Waals surface area contributed by atoms with Gasteiger partial charge in [-0.3, -0.25) is 4.98 Å². The van der Waals surface area contributed by atoms with Crippen LogP contribution >= 0.6 is 11.6 Å². The summed E-state index contributed by atoms with van der Waals surface area (Å²) in [6.45, 7) is 0. The van der Waals surface area contributed by atoms with Crippen molar-refractivity contribution in [2.24, 2.45) is 0 Å². The molecule has 2 aromatic carbocycles. The highest BCUT2D eigenvalue weighted by Crippen LogP contribution is 2.48. The molecule has 0 aliphatic carbocycles. The zero-order valence-corrected chi connectivity index (χ0v) is 18.7. The molecule has 1 unspecified atom stereocenters. The average molecular weight is 480 g/mol. The minimum absolute atomic E-state index is 0.328. The molecule has 1 aliphatic rings. The van der Waals surface area contributed by atoms with Crippen molar-refractivity contribution >= 4 is 28.2 Å². The molecule has 0 amide bonds. The standard InChI is InChI=1S/C26H14ClN5O3/c27-16-9-3-1-7-14(16)23-30-24-21-19(17-10-5-6-12-28-17)20-22(35-25(21)29-13-32(24)31-23)15-8-2-4-11-18(15)34-26(20)33/h1-13,19H. The van der Waals surface area contributed by atoms with E-state index in [0.717, 1.165) is 0 Å². The quantitative estimate of drug-likeness (QED) is 0.313. The fraction of sp³-hybridized carbons (Fsp3) is 0.0385. The van der Waals surface area contributed by atoms with Crippen LogP contribution in [-0.4, -0.2) is 24.6 Å². The van der Waals surface area contributed by atoms with E-state index in [4.69, 9.17) is 25.7 Å². The van der Waals surface area contributed by atoms with Gasteiger partial charge in [0, 0.05) is 11.8 Å². The fourth-order valence-corrected chi connectivity index (χ4v) is 4.75. The molecule has 0 saturated carbocycles. The molecule has 168 valence electrons. The summed E-state index contributed by atoms with van der Waals surface area (Å²) in [6, 6.07) is 20.1. The first-order chi connectivity index (χ1) is 17.2. The second-order valence-corrected chi connectivity index (χ2v) is 8.47. The number of rotatable bonds is 2. The first kappa shape index (κ1) is 19.9. The molecular formula is C26H14ClN5O3. The van der Waals surface area contributed by atoms with Crippen LogP contribution in [0.1, 0.15) is 22.7 Å². The van der Waals surface area contributed by atoms with Gasteiger partial charge in [0.25, 0.3) is 0 Å². The molecule has 0 saturated heterocycles. The molecule has 0 N–H and O–H groups in total. The third-order valence-corrected chi connectivity index (χ3v) is 6.39. The van der Waals surface area contributed by atoms with Crippen LogP contribution in [0.4, 0.5) is 0 Å². The number of ether oxygens (including phenoxy) is 1. The highest BCUT2D eigenvalue weighted by molar-refractivity contribution is 6.33. The number of aromatic nitrogens is 5. The Morgan fingerprint density at radius 2 is 1.74 bits per heavy atom. The fourth-order valence-electron chi connectivity index (χ4n) is 4.53. The van der Waals surface area contributed by atoms with Crippen LogP contribution in [-0.2, 0) is 0 Å². The monoisotopic (exact) mass is 479 g/mol. The topological polar surface area (TPSA) is 95.4 Å². The molecule has 8 nitrogen and oxygen atoms in total. The number of fused-ring (bicyclic) bond motifs is 6. The molecule has 7 rings (SSSR count). The molecule has 5 heterocycles. The van der Waals surface area contributed by atoms with Crippen molar-refractivity contribution in [3.05, 3.63) is 112 Å². The van der Waals surface area contributed by atoms with E-state index in [2.05, 4.69) is 15.1 Å². The van der Waals surface area contributed by atoms with E-state index >= 15 is 0 Å². The van der Waals surface area contributed by atoms with Gasteiger partial charge < -0.3 is 9.15 Å². The van der Waals surface area contributed by atoms with E-state index in [9.17, 15) is 4.79 Å². The van der Waals surface area contributed by atoms with Gasteiger partial charge in [-0.05, 0) is 36.4 Å². The molecule has 0 spiro atoms. The summed E-state index contributed by atoms with van der Waals surface area (Å²) >= 11 is 6.40. The Balaban J connectivity index is 1.56. The highest BCUT2D eigenvalue weighted by Gasteiger charge is 2.38. The Labute approximate surface area is 202 Å². The van der Waals surface area contributed by atoms with Crippen molar-refractivity contribution in [1.29, 1.82) is 0 Å². The zero-order valence-electron chi connectivity index (χ0n) is 17.9. The Bertz CT molecular complexity index is 1830. The Kier molecular flexibility index (Phi) is 4.24. The van der Waals surface area contributed by atoms with Gasteiger partial charge in [-0.15, -0.1) is 5.10 Å². The van der Waals surface area contributed by atoms with E-state index in [1.807, 2.05) is 48.5 Å². The van der Waals surface area contributed by atoms with E-state index in [0.29, 0.717) is 61.5 Å². The van der Waals surface area contributed by atoms with Crippen LogP contribution in [0, 0.1) is 0 Å². The van der Waals surface area contributed by atoms with E-state index in [1.165, 1.54) is 6.33 Å². The molecule has 1 atom stereocenters. The Morgan fingerprint density at radius 1 is 0.914 bits per heavy atom. The van der Waals surface area contributed by atoms with Gasteiger partial charge in [-0.1, -0.05) is 41.9 Å². The number of pyridine rings is 1. The highest BCUT2D eigenvalue weighted by atomic mass is 35.5. The van der Waals surface area contributed by atoms with E-state index in [1.54, 1.807) is 28.9 Å². The molecule has 0 fully saturated rings. The van der Waals surface area contributed by atoms with Gasteiger partial charge in [0.05, 0.1) is 33.1 Å². The molecule has 6 aromatic rings. The lowest BCUT2D eigenvalue weighted by Gasteiger charge is -2.26. The third kappa shape index (κ3) is 2.97. The molecule has 0 bridgehead atoms. The van der Waals surface area contributed by atoms with Crippen molar-refractivity contribution in [3.63, 3.8) is 0 Å². The lowest BCUT2D eigenvalue weighted by Crippen LogP contribution is -2.23. The van der Waals surface area contributed by atoms with Crippen molar-refractivity contribution in [2.45, 2.75) is 5.92 Å². The largest absolute Gasteiger partial charge is 0.437 e. The normalized spacial score (nSPS) is 14.5. The van der Waals surface area contributed by atoms with Gasteiger partial charge in [-0.2, -0.15) is 0 Å². The van der Waals surface area contributed by atoms with Gasteiger partial charge in [0.2, 0.25) is 5.88 Å². The van der Waals surface area contributed by atoms with Crippen molar-refractivity contribution < 1.29 is 9.15 Å². The number of hydrogen-bond donors (Lipinski definition) is 0. The number of benzene rings is 2. The zero-order chi connectivity index (χ0) is 23.5. The summed E-state index contributed by atoms with van der Waals surface area (Å²) in [5.74, 6) is 0.537. The molecular weight excluding hydrogens is 466 g/mol. The lowest BCUT2D eigenvalue weighted by atomic mass is 9.87. The number of hydrogen-bond acceptors (Lipinski definition) is 7.